The predicted molar refractivity (Wildman–Crippen MR) is 99.8 cm³/mol. The van der Waals surface area contributed by atoms with Crippen LogP contribution in [0, 0.1) is 6.92 Å². The van der Waals surface area contributed by atoms with Crippen LogP contribution in [0.25, 0.3) is 10.9 Å². The van der Waals surface area contributed by atoms with Crippen molar-refractivity contribution in [1.82, 2.24) is 9.88 Å². The Kier molecular flexibility index (Phi) is 4.21. The zero-order valence-electron chi connectivity index (χ0n) is 14.8. The lowest BCUT2D eigenvalue weighted by molar-refractivity contribution is 0.0522. The fourth-order valence-corrected chi connectivity index (χ4v) is 3.23. The van der Waals surface area contributed by atoms with E-state index in [4.69, 9.17) is 9.47 Å². The summed E-state index contributed by atoms with van der Waals surface area (Å²) in [4.78, 5) is 19.2. The van der Waals surface area contributed by atoms with Crippen molar-refractivity contribution in [3.63, 3.8) is 0 Å². The van der Waals surface area contributed by atoms with Gasteiger partial charge in [-0.05, 0) is 31.2 Å². The van der Waals surface area contributed by atoms with Gasteiger partial charge in [0, 0.05) is 18.1 Å². The molecule has 132 valence electrons. The molecule has 0 aliphatic carbocycles. The molecule has 1 aromatic heterocycles. The molecule has 1 atom stereocenters. The van der Waals surface area contributed by atoms with Gasteiger partial charge in [-0.3, -0.25) is 9.78 Å². The van der Waals surface area contributed by atoms with E-state index in [2.05, 4.69) is 4.98 Å². The highest BCUT2D eigenvalue weighted by molar-refractivity contribution is 6.06. The Balaban J connectivity index is 1.54. The van der Waals surface area contributed by atoms with Crippen LogP contribution in [0.3, 0.4) is 0 Å². The highest BCUT2D eigenvalue weighted by Crippen LogP contribution is 2.31. The van der Waals surface area contributed by atoms with E-state index in [0.29, 0.717) is 18.7 Å². The highest BCUT2D eigenvalue weighted by atomic mass is 16.6. The second-order valence-corrected chi connectivity index (χ2v) is 6.51. The fourth-order valence-electron chi connectivity index (χ4n) is 3.23. The van der Waals surface area contributed by atoms with Crippen LogP contribution >= 0.6 is 0 Å². The number of ether oxygens (including phenoxy) is 2. The topological polar surface area (TPSA) is 51.7 Å². The lowest BCUT2D eigenvalue weighted by Crippen LogP contribution is -2.41. The summed E-state index contributed by atoms with van der Waals surface area (Å²) in [5, 5.41) is 0.862. The zero-order chi connectivity index (χ0) is 18.1. The first-order valence-electron chi connectivity index (χ1n) is 8.62. The number of pyridine rings is 1. The molecule has 2 aromatic carbocycles. The number of aromatic nitrogens is 1. The maximum atomic E-state index is 13.0. The van der Waals surface area contributed by atoms with Crippen molar-refractivity contribution in [2.45, 2.75) is 13.0 Å². The molecule has 4 rings (SSSR count). The number of likely N-dealkylation sites (N-methyl/N-ethyl adjacent to an activating group) is 1. The molecule has 1 unspecified atom stereocenters. The number of fused-ring (bicyclic) bond motifs is 2. The monoisotopic (exact) mass is 348 g/mol. The van der Waals surface area contributed by atoms with Gasteiger partial charge in [0.25, 0.3) is 5.91 Å². The maximum Gasteiger partial charge on any atom is 0.254 e. The number of amides is 1. The minimum atomic E-state index is -0.201. The smallest absolute Gasteiger partial charge is 0.254 e. The number of carbonyl (C=O) groups excluding carboxylic acids is 1. The van der Waals surface area contributed by atoms with Gasteiger partial charge in [0.1, 0.15) is 6.61 Å². The van der Waals surface area contributed by atoms with Crippen molar-refractivity contribution in [2.24, 2.45) is 0 Å². The third-order valence-electron chi connectivity index (χ3n) is 4.47. The summed E-state index contributed by atoms with van der Waals surface area (Å²) < 4.78 is 11.7. The van der Waals surface area contributed by atoms with Gasteiger partial charge >= 0.3 is 0 Å². The summed E-state index contributed by atoms with van der Waals surface area (Å²) in [6.07, 6.45) is -0.201. The molecule has 0 fully saturated rings. The number of rotatable bonds is 3. The first-order valence-corrected chi connectivity index (χ1v) is 8.62. The third-order valence-corrected chi connectivity index (χ3v) is 4.47. The molecule has 26 heavy (non-hydrogen) atoms. The fraction of sp³-hybridized carbons (Fsp3) is 0.238. The molecular weight excluding hydrogens is 328 g/mol. The third kappa shape index (κ3) is 3.08. The first kappa shape index (κ1) is 16.4. The standard InChI is InChI=1S/C21H20N2O3/c1-14-11-17(16-7-3-4-8-18(16)22-14)21(24)23(2)12-15-13-25-19-9-5-6-10-20(19)26-15/h3-11,15H,12-13H2,1-2H3. The van der Waals surface area contributed by atoms with E-state index in [1.807, 2.05) is 61.5 Å². The van der Waals surface area contributed by atoms with E-state index in [9.17, 15) is 4.79 Å². The van der Waals surface area contributed by atoms with Crippen LogP contribution in [0.4, 0.5) is 0 Å². The van der Waals surface area contributed by atoms with E-state index in [1.165, 1.54) is 0 Å². The van der Waals surface area contributed by atoms with Crippen LogP contribution in [-0.2, 0) is 0 Å². The van der Waals surface area contributed by atoms with Crippen molar-refractivity contribution in [2.75, 3.05) is 20.2 Å². The van der Waals surface area contributed by atoms with Crippen molar-refractivity contribution >= 4 is 16.8 Å². The number of aryl methyl sites for hydroxylation is 1. The van der Waals surface area contributed by atoms with Gasteiger partial charge in [-0.25, -0.2) is 0 Å². The molecule has 3 aromatic rings. The lowest BCUT2D eigenvalue weighted by atomic mass is 10.1. The summed E-state index contributed by atoms with van der Waals surface area (Å²) in [5.41, 5.74) is 2.31. The maximum absolute atomic E-state index is 13.0. The molecule has 5 nitrogen and oxygen atoms in total. The normalized spacial score (nSPS) is 15.7. The molecule has 0 N–H and O–H groups in total. The summed E-state index contributed by atoms with van der Waals surface area (Å²) in [5.74, 6) is 1.41. The second-order valence-electron chi connectivity index (χ2n) is 6.51. The molecule has 1 amide bonds. The quantitative estimate of drug-likeness (QED) is 0.727. The van der Waals surface area contributed by atoms with E-state index < -0.39 is 0 Å². The summed E-state index contributed by atoms with van der Waals surface area (Å²) in [6.45, 7) is 2.77. The number of benzene rings is 2. The van der Waals surface area contributed by atoms with Gasteiger partial charge in [-0.1, -0.05) is 30.3 Å². The highest BCUT2D eigenvalue weighted by Gasteiger charge is 2.25. The Hall–Kier alpha value is -3.08. The molecule has 1 aliphatic rings. The summed E-state index contributed by atoms with van der Waals surface area (Å²) in [7, 11) is 1.79. The van der Waals surface area contributed by atoms with Crippen LogP contribution in [-0.4, -0.2) is 42.1 Å². The largest absolute Gasteiger partial charge is 0.486 e. The number of carbonyl (C=O) groups is 1. The Morgan fingerprint density at radius 2 is 1.88 bits per heavy atom. The Labute approximate surface area is 152 Å². The number of nitrogens with zero attached hydrogens (tertiary/aromatic N) is 2. The SMILES string of the molecule is Cc1cc(C(=O)N(C)CC2COc3ccccc3O2)c2ccccc2n1. The van der Waals surface area contributed by atoms with Crippen molar-refractivity contribution < 1.29 is 14.3 Å². The summed E-state index contributed by atoms with van der Waals surface area (Å²) >= 11 is 0. The zero-order valence-corrected chi connectivity index (χ0v) is 14.8. The van der Waals surface area contributed by atoms with E-state index in [-0.39, 0.29) is 12.0 Å². The second kappa shape index (κ2) is 6.67. The molecule has 0 saturated heterocycles. The lowest BCUT2D eigenvalue weighted by Gasteiger charge is -2.29. The minimum Gasteiger partial charge on any atom is -0.486 e. The Morgan fingerprint density at radius 1 is 1.15 bits per heavy atom. The van der Waals surface area contributed by atoms with E-state index >= 15 is 0 Å². The van der Waals surface area contributed by atoms with Crippen molar-refractivity contribution in [1.29, 1.82) is 0 Å². The molecule has 0 spiro atoms. The molecule has 0 saturated carbocycles. The van der Waals surface area contributed by atoms with Crippen LogP contribution in [0.2, 0.25) is 0 Å². The van der Waals surface area contributed by atoms with Gasteiger partial charge in [0.2, 0.25) is 0 Å². The van der Waals surface area contributed by atoms with Crippen molar-refractivity contribution in [3.05, 3.63) is 65.9 Å². The molecule has 2 heterocycles. The molecule has 5 heteroatoms. The van der Waals surface area contributed by atoms with Gasteiger partial charge in [-0.15, -0.1) is 0 Å². The van der Waals surface area contributed by atoms with Crippen LogP contribution in [0.15, 0.2) is 54.6 Å². The van der Waals surface area contributed by atoms with Gasteiger partial charge in [0.15, 0.2) is 17.6 Å². The molecule has 0 radical (unpaired) electrons. The Morgan fingerprint density at radius 3 is 2.73 bits per heavy atom. The molecule has 1 aliphatic heterocycles. The average molecular weight is 348 g/mol. The van der Waals surface area contributed by atoms with Crippen LogP contribution in [0.5, 0.6) is 11.5 Å². The predicted octanol–water partition coefficient (Wildman–Crippen LogP) is 3.46. The van der Waals surface area contributed by atoms with Gasteiger partial charge in [0.05, 0.1) is 17.6 Å². The number of hydrogen-bond donors (Lipinski definition) is 0. The van der Waals surface area contributed by atoms with Gasteiger partial charge < -0.3 is 14.4 Å². The van der Waals surface area contributed by atoms with Crippen molar-refractivity contribution in [3.8, 4) is 11.5 Å². The summed E-state index contributed by atoms with van der Waals surface area (Å²) in [6, 6.07) is 17.1. The van der Waals surface area contributed by atoms with Crippen LogP contribution in [0.1, 0.15) is 16.1 Å². The van der Waals surface area contributed by atoms with E-state index in [0.717, 1.165) is 28.1 Å². The number of para-hydroxylation sites is 3. The molecule has 0 bridgehead atoms. The minimum absolute atomic E-state index is 0.0471. The van der Waals surface area contributed by atoms with Gasteiger partial charge in [-0.2, -0.15) is 0 Å². The molecular formula is C21H20N2O3. The van der Waals surface area contributed by atoms with Crippen LogP contribution < -0.4 is 9.47 Å². The van der Waals surface area contributed by atoms with E-state index in [1.54, 1.807) is 11.9 Å². The Bertz CT molecular complexity index is 970. The average Bonchev–Trinajstić information content (AvgIpc) is 2.66. The number of hydrogen-bond acceptors (Lipinski definition) is 4. The first-order chi connectivity index (χ1) is 12.6.